The van der Waals surface area contributed by atoms with Crippen LogP contribution in [0.25, 0.3) is 0 Å². The first-order chi connectivity index (χ1) is 13.4. The Labute approximate surface area is 161 Å². The van der Waals surface area contributed by atoms with E-state index in [0.717, 1.165) is 24.3 Å². The average Bonchev–Trinajstić information content (AvgIpc) is 2.64. The lowest BCUT2D eigenvalue weighted by molar-refractivity contribution is -0.141. The molecule has 1 N–H and O–H groups in total. The SMILES string of the molecule is CC(=O)NCC1CN(c2ccc(C(F)(F)F)cc2)c2ccc(C(F)(F)F)nc2O1. The summed E-state index contributed by atoms with van der Waals surface area (Å²) in [5.74, 6) is -0.682. The normalized spacial score (nSPS) is 16.8. The summed E-state index contributed by atoms with van der Waals surface area (Å²) in [4.78, 5) is 16.2. The highest BCUT2D eigenvalue weighted by Gasteiger charge is 2.36. The van der Waals surface area contributed by atoms with Crippen LogP contribution in [0, 0.1) is 0 Å². The number of nitrogens with one attached hydrogen (secondary N) is 1. The fourth-order valence-electron chi connectivity index (χ4n) is 2.82. The van der Waals surface area contributed by atoms with Crippen molar-refractivity contribution >= 4 is 17.3 Å². The molecule has 1 unspecified atom stereocenters. The smallest absolute Gasteiger partial charge is 0.433 e. The Hall–Kier alpha value is -2.98. The largest absolute Gasteiger partial charge is 0.469 e. The summed E-state index contributed by atoms with van der Waals surface area (Å²) in [6.07, 6.45) is -9.97. The van der Waals surface area contributed by atoms with E-state index in [2.05, 4.69) is 10.3 Å². The summed E-state index contributed by atoms with van der Waals surface area (Å²) >= 11 is 0. The fraction of sp³-hybridized carbons (Fsp3) is 0.333. The number of ether oxygens (including phenoxy) is 1. The molecule has 0 spiro atoms. The summed E-state index contributed by atoms with van der Waals surface area (Å²) in [6, 6.07) is 6.11. The molecule has 0 aliphatic carbocycles. The first-order valence-corrected chi connectivity index (χ1v) is 8.39. The van der Waals surface area contributed by atoms with E-state index in [4.69, 9.17) is 4.74 Å². The van der Waals surface area contributed by atoms with Crippen LogP contribution in [0.4, 0.5) is 37.7 Å². The molecule has 2 aromatic rings. The lowest BCUT2D eigenvalue weighted by Crippen LogP contribution is -2.44. The maximum Gasteiger partial charge on any atom is 0.433 e. The van der Waals surface area contributed by atoms with Crippen molar-refractivity contribution in [1.29, 1.82) is 0 Å². The van der Waals surface area contributed by atoms with Crippen LogP contribution in [-0.2, 0) is 17.1 Å². The quantitative estimate of drug-likeness (QED) is 0.760. The third-order valence-corrected chi connectivity index (χ3v) is 4.17. The van der Waals surface area contributed by atoms with E-state index < -0.39 is 29.7 Å². The highest BCUT2D eigenvalue weighted by molar-refractivity contribution is 5.73. The Morgan fingerprint density at radius 2 is 1.76 bits per heavy atom. The van der Waals surface area contributed by atoms with Crippen molar-refractivity contribution in [2.45, 2.75) is 25.4 Å². The topological polar surface area (TPSA) is 54.5 Å². The van der Waals surface area contributed by atoms with Crippen molar-refractivity contribution in [3.8, 4) is 5.88 Å². The molecule has 0 bridgehead atoms. The van der Waals surface area contributed by atoms with E-state index in [1.807, 2.05) is 0 Å². The molecule has 0 radical (unpaired) electrons. The molecule has 5 nitrogen and oxygen atoms in total. The number of amides is 1. The van der Waals surface area contributed by atoms with Crippen LogP contribution >= 0.6 is 0 Å². The van der Waals surface area contributed by atoms with E-state index in [1.54, 1.807) is 0 Å². The lowest BCUT2D eigenvalue weighted by Gasteiger charge is -2.36. The molecule has 29 heavy (non-hydrogen) atoms. The number of hydrogen-bond acceptors (Lipinski definition) is 4. The third-order valence-electron chi connectivity index (χ3n) is 4.17. The maximum atomic E-state index is 13.0. The number of carbonyl (C=O) groups excluding carboxylic acids is 1. The lowest BCUT2D eigenvalue weighted by atomic mass is 10.1. The van der Waals surface area contributed by atoms with Gasteiger partial charge in [0.15, 0.2) is 0 Å². The van der Waals surface area contributed by atoms with E-state index >= 15 is 0 Å². The van der Waals surface area contributed by atoms with Gasteiger partial charge in [0.25, 0.3) is 0 Å². The molecule has 11 heteroatoms. The van der Waals surface area contributed by atoms with E-state index in [9.17, 15) is 31.1 Å². The predicted octanol–water partition coefficient (Wildman–Crippen LogP) is 4.15. The van der Waals surface area contributed by atoms with Gasteiger partial charge in [-0.15, -0.1) is 0 Å². The van der Waals surface area contributed by atoms with Gasteiger partial charge in [0, 0.05) is 12.6 Å². The number of hydrogen-bond donors (Lipinski definition) is 1. The maximum absolute atomic E-state index is 13.0. The van der Waals surface area contributed by atoms with Crippen LogP contribution < -0.4 is 15.0 Å². The van der Waals surface area contributed by atoms with Crippen LogP contribution in [0.3, 0.4) is 0 Å². The number of benzene rings is 1. The molecule has 1 aliphatic rings. The Bertz CT molecular complexity index is 896. The molecule has 156 valence electrons. The fourth-order valence-corrected chi connectivity index (χ4v) is 2.82. The molecule has 0 saturated carbocycles. The number of anilines is 2. The van der Waals surface area contributed by atoms with Gasteiger partial charge in [-0.25, -0.2) is 4.98 Å². The van der Waals surface area contributed by atoms with Crippen molar-refractivity contribution in [2.24, 2.45) is 0 Å². The van der Waals surface area contributed by atoms with Crippen molar-refractivity contribution in [3.05, 3.63) is 47.7 Å². The van der Waals surface area contributed by atoms with Crippen molar-refractivity contribution in [1.82, 2.24) is 10.3 Å². The molecule has 1 aromatic heterocycles. The zero-order valence-corrected chi connectivity index (χ0v) is 14.9. The molecule has 1 aliphatic heterocycles. The standard InChI is InChI=1S/C18H15F6N3O2/c1-10(28)25-8-13-9-27(12-4-2-11(3-5-12)17(19,20)21)14-6-7-15(18(22,23)24)26-16(14)29-13/h2-7,13H,8-9H2,1H3,(H,25,28). The van der Waals surface area contributed by atoms with Crippen molar-refractivity contribution in [3.63, 3.8) is 0 Å². The van der Waals surface area contributed by atoms with Crippen LogP contribution in [0.5, 0.6) is 5.88 Å². The van der Waals surface area contributed by atoms with Gasteiger partial charge in [-0.3, -0.25) is 4.79 Å². The van der Waals surface area contributed by atoms with E-state index in [1.165, 1.54) is 24.0 Å². The number of fused-ring (bicyclic) bond motifs is 1. The molecule has 1 amide bonds. The Balaban J connectivity index is 1.98. The van der Waals surface area contributed by atoms with Gasteiger partial charge in [0.1, 0.15) is 17.5 Å². The molecule has 1 atom stereocenters. The summed E-state index contributed by atoms with van der Waals surface area (Å²) in [6.45, 7) is 1.35. The summed E-state index contributed by atoms with van der Waals surface area (Å²) < 4.78 is 82.9. The van der Waals surface area contributed by atoms with Gasteiger partial charge in [-0.05, 0) is 36.4 Å². The van der Waals surface area contributed by atoms with Crippen LogP contribution in [0.2, 0.25) is 0 Å². The number of rotatable bonds is 3. The summed E-state index contributed by atoms with van der Waals surface area (Å²) in [5.41, 5.74) is -1.52. The molecule has 0 fully saturated rings. The number of carbonyl (C=O) groups is 1. The number of alkyl halides is 6. The minimum Gasteiger partial charge on any atom is -0.469 e. The van der Waals surface area contributed by atoms with Crippen molar-refractivity contribution < 1.29 is 35.9 Å². The molecular weight excluding hydrogens is 404 g/mol. The van der Waals surface area contributed by atoms with Crippen LogP contribution in [-0.4, -0.2) is 30.1 Å². The number of pyridine rings is 1. The number of nitrogens with zero attached hydrogens (tertiary/aromatic N) is 2. The molecule has 0 saturated heterocycles. The molecule has 1 aromatic carbocycles. The zero-order chi connectivity index (χ0) is 21.4. The molecular formula is C18H15F6N3O2. The molecule has 3 rings (SSSR count). The van der Waals surface area contributed by atoms with Gasteiger partial charge in [0.05, 0.1) is 18.7 Å². The molecule has 2 heterocycles. The zero-order valence-electron chi connectivity index (χ0n) is 14.9. The van der Waals surface area contributed by atoms with Gasteiger partial charge in [0.2, 0.25) is 11.8 Å². The minimum atomic E-state index is -4.69. The van der Waals surface area contributed by atoms with Gasteiger partial charge >= 0.3 is 12.4 Å². The Morgan fingerprint density at radius 3 is 2.31 bits per heavy atom. The number of halogens is 6. The average molecular weight is 419 g/mol. The van der Waals surface area contributed by atoms with Gasteiger partial charge in [-0.1, -0.05) is 0 Å². The number of aromatic nitrogens is 1. The van der Waals surface area contributed by atoms with E-state index in [0.29, 0.717) is 5.69 Å². The summed E-state index contributed by atoms with van der Waals surface area (Å²) in [7, 11) is 0. The Kier molecular flexibility index (Phi) is 5.33. The van der Waals surface area contributed by atoms with Gasteiger partial charge in [-0.2, -0.15) is 26.3 Å². The van der Waals surface area contributed by atoms with Crippen LogP contribution in [0.15, 0.2) is 36.4 Å². The minimum absolute atomic E-state index is 0.0101. The monoisotopic (exact) mass is 419 g/mol. The van der Waals surface area contributed by atoms with E-state index in [-0.39, 0.29) is 30.6 Å². The van der Waals surface area contributed by atoms with Crippen LogP contribution in [0.1, 0.15) is 18.2 Å². The van der Waals surface area contributed by atoms with Gasteiger partial charge < -0.3 is 15.0 Å². The first-order valence-electron chi connectivity index (χ1n) is 8.39. The second-order valence-corrected chi connectivity index (χ2v) is 6.35. The highest BCUT2D eigenvalue weighted by atomic mass is 19.4. The second-order valence-electron chi connectivity index (χ2n) is 6.35. The highest BCUT2D eigenvalue weighted by Crippen LogP contribution is 2.40. The third kappa shape index (κ3) is 4.72. The Morgan fingerprint density at radius 1 is 1.10 bits per heavy atom. The summed E-state index contributed by atoms with van der Waals surface area (Å²) in [5, 5.41) is 2.50. The predicted molar refractivity (Wildman–Crippen MR) is 90.8 cm³/mol. The van der Waals surface area contributed by atoms with Crippen molar-refractivity contribution in [2.75, 3.05) is 18.0 Å². The second kappa shape index (κ2) is 7.45. The first kappa shape index (κ1) is 20.7.